The van der Waals surface area contributed by atoms with Crippen LogP contribution in [0.2, 0.25) is 0 Å². The molecule has 19 heavy (non-hydrogen) atoms. The zero-order valence-electron chi connectivity index (χ0n) is 11.9. The highest BCUT2D eigenvalue weighted by atomic mass is 15.1. The molecule has 0 unspecified atom stereocenters. The molecule has 1 aromatic rings. The first-order valence-electron chi connectivity index (χ1n) is 7.21. The lowest BCUT2D eigenvalue weighted by Crippen LogP contribution is -2.33. The zero-order valence-corrected chi connectivity index (χ0v) is 11.9. The van der Waals surface area contributed by atoms with Crippen LogP contribution in [0.5, 0.6) is 0 Å². The van der Waals surface area contributed by atoms with Gasteiger partial charge in [-0.3, -0.25) is 0 Å². The van der Waals surface area contributed by atoms with Gasteiger partial charge in [0.05, 0.1) is 0 Å². The van der Waals surface area contributed by atoms with Crippen LogP contribution >= 0.6 is 0 Å². The smallest absolute Gasteiger partial charge is 0.131 e. The molecule has 1 aliphatic carbocycles. The number of nitrogens with zero attached hydrogens (tertiary/aromatic N) is 2. The number of rotatable bonds is 5. The molecule has 1 aliphatic rings. The van der Waals surface area contributed by atoms with Gasteiger partial charge in [-0.2, -0.15) is 0 Å². The molecule has 1 saturated carbocycles. The molecule has 0 spiro atoms. The Bertz CT molecular complexity index is 385. The van der Waals surface area contributed by atoms with Crippen LogP contribution in [0.1, 0.15) is 39.5 Å². The van der Waals surface area contributed by atoms with Crippen molar-refractivity contribution in [2.75, 3.05) is 17.2 Å². The summed E-state index contributed by atoms with van der Waals surface area (Å²) in [4.78, 5) is 8.52. The number of nitrogens with one attached hydrogen (secondary N) is 2. The summed E-state index contributed by atoms with van der Waals surface area (Å²) in [6, 6.07) is 2.86. The maximum Gasteiger partial charge on any atom is 0.131 e. The lowest BCUT2D eigenvalue weighted by atomic mass is 9.92. The van der Waals surface area contributed by atoms with Crippen molar-refractivity contribution in [1.82, 2.24) is 9.97 Å². The van der Waals surface area contributed by atoms with Crippen molar-refractivity contribution in [3.8, 4) is 0 Å². The fraction of sp³-hybridized carbons (Fsp3) is 0.714. The largest absolute Gasteiger partial charge is 0.370 e. The van der Waals surface area contributed by atoms with Crippen molar-refractivity contribution in [1.29, 1.82) is 0 Å². The van der Waals surface area contributed by atoms with E-state index in [0.717, 1.165) is 43.9 Å². The fourth-order valence-electron chi connectivity index (χ4n) is 2.31. The van der Waals surface area contributed by atoms with Crippen LogP contribution < -0.4 is 16.4 Å². The van der Waals surface area contributed by atoms with E-state index in [1.165, 1.54) is 0 Å². The molecule has 2 rings (SSSR count). The van der Waals surface area contributed by atoms with Crippen molar-refractivity contribution >= 4 is 11.6 Å². The summed E-state index contributed by atoms with van der Waals surface area (Å²) >= 11 is 0. The summed E-state index contributed by atoms with van der Waals surface area (Å²) < 4.78 is 0. The molecular weight excluding hydrogens is 238 g/mol. The third kappa shape index (κ3) is 4.67. The highest BCUT2D eigenvalue weighted by Gasteiger charge is 2.18. The maximum atomic E-state index is 5.92. The van der Waals surface area contributed by atoms with E-state index in [4.69, 9.17) is 5.73 Å². The minimum atomic E-state index is 0.381. The Morgan fingerprint density at radius 2 is 1.89 bits per heavy atom. The second-order valence-corrected chi connectivity index (χ2v) is 5.82. The highest BCUT2D eigenvalue weighted by molar-refractivity contribution is 5.46. The van der Waals surface area contributed by atoms with Gasteiger partial charge in [-0.15, -0.1) is 0 Å². The van der Waals surface area contributed by atoms with E-state index >= 15 is 0 Å². The Hall–Kier alpha value is -1.36. The minimum absolute atomic E-state index is 0.381. The summed E-state index contributed by atoms with van der Waals surface area (Å²) in [6.07, 6.45) is 6.06. The summed E-state index contributed by atoms with van der Waals surface area (Å²) in [5.74, 6) is 2.40. The molecule has 4 N–H and O–H groups in total. The second kappa shape index (κ2) is 6.70. The van der Waals surface area contributed by atoms with Gasteiger partial charge in [0.25, 0.3) is 0 Å². The molecule has 0 atom stereocenters. The number of nitrogens with two attached hydrogens (primary N) is 1. The van der Waals surface area contributed by atoms with E-state index in [2.05, 4.69) is 34.4 Å². The minimum Gasteiger partial charge on any atom is -0.370 e. The molecule has 1 fully saturated rings. The zero-order chi connectivity index (χ0) is 13.7. The number of anilines is 2. The van der Waals surface area contributed by atoms with Crippen LogP contribution in [0.25, 0.3) is 0 Å². The van der Waals surface area contributed by atoms with Crippen molar-refractivity contribution in [2.24, 2.45) is 11.7 Å². The van der Waals surface area contributed by atoms with Crippen LogP contribution in [0, 0.1) is 5.92 Å². The van der Waals surface area contributed by atoms with Crippen LogP contribution in [0.15, 0.2) is 12.4 Å². The van der Waals surface area contributed by atoms with Crippen LogP contribution in [-0.4, -0.2) is 28.6 Å². The Kier molecular flexibility index (Phi) is 4.96. The van der Waals surface area contributed by atoms with Crippen molar-refractivity contribution in [2.45, 2.75) is 51.6 Å². The first kappa shape index (κ1) is 14.1. The van der Waals surface area contributed by atoms with E-state index < -0.39 is 0 Å². The predicted molar refractivity (Wildman–Crippen MR) is 79.2 cm³/mol. The summed E-state index contributed by atoms with van der Waals surface area (Å²) in [5, 5.41) is 6.80. The molecule has 5 heteroatoms. The summed E-state index contributed by atoms with van der Waals surface area (Å²) in [7, 11) is 0. The lowest BCUT2D eigenvalue weighted by molar-refractivity contribution is 0.410. The Balaban J connectivity index is 1.88. The van der Waals surface area contributed by atoms with Crippen LogP contribution in [-0.2, 0) is 0 Å². The Labute approximate surface area is 115 Å². The monoisotopic (exact) mass is 263 g/mol. The van der Waals surface area contributed by atoms with Gasteiger partial charge in [0.1, 0.15) is 18.0 Å². The number of hydrogen-bond acceptors (Lipinski definition) is 5. The quantitative estimate of drug-likeness (QED) is 0.759. The molecule has 1 heterocycles. The number of hydrogen-bond donors (Lipinski definition) is 3. The van der Waals surface area contributed by atoms with E-state index in [0.29, 0.717) is 18.0 Å². The third-order valence-corrected chi connectivity index (χ3v) is 3.48. The highest BCUT2D eigenvalue weighted by Crippen LogP contribution is 2.21. The normalized spacial score (nSPS) is 23.4. The van der Waals surface area contributed by atoms with E-state index in [9.17, 15) is 0 Å². The predicted octanol–water partition coefficient (Wildman–Crippen LogP) is 2.23. The Morgan fingerprint density at radius 3 is 2.58 bits per heavy atom. The van der Waals surface area contributed by atoms with Crippen LogP contribution in [0.3, 0.4) is 0 Å². The molecule has 5 nitrogen and oxygen atoms in total. The summed E-state index contributed by atoms with van der Waals surface area (Å²) in [5.41, 5.74) is 5.92. The maximum absolute atomic E-state index is 5.92. The first-order chi connectivity index (χ1) is 9.13. The molecule has 0 aromatic carbocycles. The van der Waals surface area contributed by atoms with Gasteiger partial charge in [-0.05, 0) is 31.6 Å². The fourth-order valence-corrected chi connectivity index (χ4v) is 2.31. The first-order valence-corrected chi connectivity index (χ1v) is 7.21. The molecular formula is C14H25N5. The van der Waals surface area contributed by atoms with Gasteiger partial charge in [-0.1, -0.05) is 13.8 Å². The van der Waals surface area contributed by atoms with Gasteiger partial charge in [0.2, 0.25) is 0 Å². The van der Waals surface area contributed by atoms with E-state index in [1.54, 1.807) is 6.33 Å². The topological polar surface area (TPSA) is 75.9 Å². The molecule has 106 valence electrons. The van der Waals surface area contributed by atoms with Gasteiger partial charge >= 0.3 is 0 Å². The van der Waals surface area contributed by atoms with Crippen molar-refractivity contribution < 1.29 is 0 Å². The van der Waals surface area contributed by atoms with E-state index in [1.807, 2.05) is 6.07 Å². The van der Waals surface area contributed by atoms with Gasteiger partial charge in [0.15, 0.2) is 0 Å². The molecule has 0 amide bonds. The molecule has 0 saturated heterocycles. The van der Waals surface area contributed by atoms with Gasteiger partial charge < -0.3 is 16.4 Å². The van der Waals surface area contributed by atoms with Crippen molar-refractivity contribution in [3.05, 3.63) is 12.4 Å². The van der Waals surface area contributed by atoms with Gasteiger partial charge in [-0.25, -0.2) is 9.97 Å². The van der Waals surface area contributed by atoms with Gasteiger partial charge in [0, 0.05) is 24.7 Å². The summed E-state index contributed by atoms with van der Waals surface area (Å²) in [6.45, 7) is 5.28. The SMILES string of the molecule is CC(C)CNc1cc(NC2CCC(N)CC2)ncn1. The molecule has 0 radical (unpaired) electrons. The molecule has 1 aromatic heterocycles. The van der Waals surface area contributed by atoms with E-state index in [-0.39, 0.29) is 0 Å². The standard InChI is InChI=1S/C14H25N5/c1-10(2)8-16-13-7-14(18-9-17-13)19-12-5-3-11(15)4-6-12/h7,9-12H,3-6,8,15H2,1-2H3,(H2,16,17,18,19). The average Bonchev–Trinajstić information content (AvgIpc) is 2.40. The lowest BCUT2D eigenvalue weighted by Gasteiger charge is -2.27. The Morgan fingerprint density at radius 1 is 1.21 bits per heavy atom. The average molecular weight is 263 g/mol. The van der Waals surface area contributed by atoms with Crippen molar-refractivity contribution in [3.63, 3.8) is 0 Å². The number of aromatic nitrogens is 2. The third-order valence-electron chi connectivity index (χ3n) is 3.48. The second-order valence-electron chi connectivity index (χ2n) is 5.82. The molecule has 0 bridgehead atoms. The molecule has 0 aliphatic heterocycles. The van der Waals surface area contributed by atoms with Crippen LogP contribution in [0.4, 0.5) is 11.6 Å².